The molecule has 0 aromatic heterocycles. The molecule has 0 bridgehead atoms. The molecule has 0 N–H and O–H groups in total. The maximum absolute atomic E-state index is 5.57. The number of hydrogen-bond donors (Lipinski definition) is 0. The van der Waals surface area contributed by atoms with E-state index in [0.717, 1.165) is 12.8 Å². The first-order valence-electron chi connectivity index (χ1n) is 2.96. The van der Waals surface area contributed by atoms with E-state index in [9.17, 15) is 0 Å². The van der Waals surface area contributed by atoms with Crippen LogP contribution in [-0.2, 0) is 0 Å². The highest BCUT2D eigenvalue weighted by molar-refractivity contribution is 7.34. The zero-order chi connectivity index (χ0) is 6.57. The van der Waals surface area contributed by atoms with E-state index in [1.807, 2.05) is 0 Å². The quantitative estimate of drug-likeness (QED) is 0.546. The molecule has 0 saturated carbocycles. The van der Waals surface area contributed by atoms with Crippen LogP contribution in [0.4, 0.5) is 0 Å². The summed E-state index contributed by atoms with van der Waals surface area (Å²) < 4.78 is 0. The molecule has 0 spiro atoms. The van der Waals surface area contributed by atoms with Gasteiger partial charge in [-0.1, -0.05) is 26.7 Å². The zero-order valence-electron chi connectivity index (χ0n) is 5.32. The largest absolute Gasteiger partial charge is 0.354 e. The second kappa shape index (κ2) is 4.52. The Labute approximate surface area is 61.5 Å². The Morgan fingerprint density at radius 1 is 1.50 bits per heavy atom. The van der Waals surface area contributed by atoms with E-state index in [1.54, 1.807) is 0 Å². The van der Waals surface area contributed by atoms with Crippen molar-refractivity contribution in [3.8, 4) is 0 Å². The van der Waals surface area contributed by atoms with Gasteiger partial charge in [0.15, 0.2) is 0 Å². The summed E-state index contributed by atoms with van der Waals surface area (Å²) in [7, 11) is 0. The maximum Gasteiger partial charge on any atom is 0.354 e. The van der Waals surface area contributed by atoms with Gasteiger partial charge in [-0.05, 0) is 5.82 Å². The fourth-order valence-electron chi connectivity index (χ4n) is 0.581. The summed E-state index contributed by atoms with van der Waals surface area (Å²) in [6.45, 7) is 4.20. The van der Waals surface area contributed by atoms with Gasteiger partial charge in [0.2, 0.25) is 0 Å². The smallest absolute Gasteiger partial charge is 0.171 e. The van der Waals surface area contributed by atoms with Crippen molar-refractivity contribution >= 4 is 28.5 Å². The minimum atomic E-state index is -0.185. The molecule has 0 radical (unpaired) electrons. The van der Waals surface area contributed by atoms with E-state index in [4.69, 9.17) is 22.9 Å². The lowest BCUT2D eigenvalue weighted by Gasteiger charge is -2.05. The van der Waals surface area contributed by atoms with Crippen LogP contribution in [0.5, 0.6) is 0 Å². The van der Waals surface area contributed by atoms with Crippen molar-refractivity contribution in [2.75, 3.05) is 0 Å². The van der Waals surface area contributed by atoms with Crippen molar-refractivity contribution in [3.05, 3.63) is 0 Å². The highest BCUT2D eigenvalue weighted by Crippen LogP contribution is 2.20. The van der Waals surface area contributed by atoms with Crippen LogP contribution in [0.15, 0.2) is 0 Å². The summed E-state index contributed by atoms with van der Waals surface area (Å²) in [5, 5.41) is 0. The van der Waals surface area contributed by atoms with E-state index in [1.165, 1.54) is 0 Å². The van der Waals surface area contributed by atoms with Crippen LogP contribution < -0.4 is 0 Å². The Morgan fingerprint density at radius 3 is 2.12 bits per heavy atom. The van der Waals surface area contributed by atoms with Crippen molar-refractivity contribution in [2.24, 2.45) is 0 Å². The first-order valence-corrected chi connectivity index (χ1v) is 3.84. The van der Waals surface area contributed by atoms with E-state index >= 15 is 0 Å². The van der Waals surface area contributed by atoms with Crippen molar-refractivity contribution in [2.45, 2.75) is 32.5 Å². The van der Waals surface area contributed by atoms with Gasteiger partial charge in [-0.2, -0.15) is 22.9 Å². The van der Waals surface area contributed by atoms with Crippen LogP contribution in [-0.4, -0.2) is 5.54 Å². The van der Waals surface area contributed by atoms with Crippen molar-refractivity contribution < 1.29 is 0 Å². The Kier molecular flexibility index (Phi) is 4.88. The van der Waals surface area contributed by atoms with E-state index in [-0.39, 0.29) is 5.54 Å². The molecule has 0 saturated heterocycles. The molecule has 0 aromatic rings. The lowest BCUT2D eigenvalue weighted by molar-refractivity contribution is 0.765. The molecule has 8 heavy (non-hydrogen) atoms. The second-order valence-electron chi connectivity index (χ2n) is 2.10. The first kappa shape index (κ1) is 8.64. The van der Waals surface area contributed by atoms with Crippen LogP contribution in [0.1, 0.15) is 26.7 Å². The molecule has 0 fully saturated rings. The monoisotopic (exact) mass is 152 g/mol. The van der Waals surface area contributed by atoms with Gasteiger partial charge in [0, 0.05) is 0 Å². The average molecular weight is 153 g/mol. The Morgan fingerprint density at radius 2 is 2.00 bits per heavy atom. The van der Waals surface area contributed by atoms with Crippen LogP contribution in [0.3, 0.4) is 0 Å². The summed E-state index contributed by atoms with van der Waals surface area (Å²) in [5.74, 6) is 0.448. The standard InChI is InChI=1S/C5H11BCl2/c1-3-4-5(2)6(7)8/h5H,3-4H2,1-2H3/t5-/m1/s1. The van der Waals surface area contributed by atoms with Gasteiger partial charge in [0.1, 0.15) is 0 Å². The molecule has 0 aliphatic heterocycles. The highest BCUT2D eigenvalue weighted by atomic mass is 35.5. The second-order valence-corrected chi connectivity index (χ2v) is 3.26. The minimum Gasteiger partial charge on any atom is -0.171 e. The Balaban J connectivity index is 3.17. The summed E-state index contributed by atoms with van der Waals surface area (Å²) >= 11 is 11.1. The van der Waals surface area contributed by atoms with Crippen molar-refractivity contribution in [1.82, 2.24) is 0 Å². The van der Waals surface area contributed by atoms with Crippen molar-refractivity contribution in [1.29, 1.82) is 0 Å². The molecule has 48 valence electrons. The van der Waals surface area contributed by atoms with Gasteiger partial charge in [-0.3, -0.25) is 0 Å². The van der Waals surface area contributed by atoms with Gasteiger partial charge in [0.05, 0.1) is 0 Å². The molecular weight excluding hydrogens is 142 g/mol. The van der Waals surface area contributed by atoms with Gasteiger partial charge >= 0.3 is 5.54 Å². The zero-order valence-corrected chi connectivity index (χ0v) is 6.84. The third-order valence-corrected chi connectivity index (χ3v) is 2.03. The van der Waals surface area contributed by atoms with E-state index in [0.29, 0.717) is 5.82 Å². The molecule has 3 heteroatoms. The molecular formula is C5H11BCl2. The van der Waals surface area contributed by atoms with Gasteiger partial charge in [-0.15, -0.1) is 0 Å². The molecule has 0 unspecified atom stereocenters. The molecule has 0 amide bonds. The van der Waals surface area contributed by atoms with Crippen LogP contribution in [0.25, 0.3) is 0 Å². The number of halogens is 2. The van der Waals surface area contributed by atoms with Crippen LogP contribution in [0, 0.1) is 0 Å². The molecule has 0 rings (SSSR count). The summed E-state index contributed by atoms with van der Waals surface area (Å²) in [6.07, 6.45) is 2.29. The van der Waals surface area contributed by atoms with Crippen molar-refractivity contribution in [3.63, 3.8) is 0 Å². The SMILES string of the molecule is CCC[C@@H](C)B(Cl)Cl. The Bertz CT molecular complexity index is 56.4. The molecule has 0 aliphatic rings. The normalized spacial score (nSPS) is 13.5. The molecule has 0 aliphatic carbocycles. The lowest BCUT2D eigenvalue weighted by atomic mass is 9.83. The van der Waals surface area contributed by atoms with E-state index < -0.39 is 0 Å². The fraction of sp³-hybridized carbons (Fsp3) is 1.00. The third kappa shape index (κ3) is 3.62. The van der Waals surface area contributed by atoms with Gasteiger partial charge in [0.25, 0.3) is 0 Å². The van der Waals surface area contributed by atoms with Gasteiger partial charge in [-0.25, -0.2) is 0 Å². The number of hydrogen-bond acceptors (Lipinski definition) is 0. The van der Waals surface area contributed by atoms with Crippen LogP contribution in [0.2, 0.25) is 5.82 Å². The predicted octanol–water partition coefficient (Wildman–Crippen LogP) is 3.14. The first-order chi connectivity index (χ1) is 3.68. The summed E-state index contributed by atoms with van der Waals surface area (Å²) in [4.78, 5) is 0. The fourth-order valence-corrected chi connectivity index (χ4v) is 0.833. The summed E-state index contributed by atoms with van der Waals surface area (Å²) in [5.41, 5.74) is -0.185. The molecule has 0 aromatic carbocycles. The molecule has 1 atom stereocenters. The lowest BCUT2D eigenvalue weighted by Crippen LogP contribution is -2.01. The average Bonchev–Trinajstić information content (AvgIpc) is 1.67. The number of rotatable bonds is 3. The maximum atomic E-state index is 5.57. The summed E-state index contributed by atoms with van der Waals surface area (Å²) in [6, 6.07) is 0. The third-order valence-electron chi connectivity index (χ3n) is 1.17. The minimum absolute atomic E-state index is 0.185. The van der Waals surface area contributed by atoms with Gasteiger partial charge < -0.3 is 0 Å². The topological polar surface area (TPSA) is 0 Å². The van der Waals surface area contributed by atoms with E-state index in [2.05, 4.69) is 13.8 Å². The predicted molar refractivity (Wildman–Crippen MR) is 41.8 cm³/mol. The molecule has 0 nitrogen and oxygen atoms in total. The molecule has 0 heterocycles. The van der Waals surface area contributed by atoms with Crippen LogP contribution >= 0.6 is 22.9 Å². The Hall–Kier alpha value is 0.645. The highest BCUT2D eigenvalue weighted by Gasteiger charge is 2.14.